The van der Waals surface area contributed by atoms with Crippen LogP contribution >= 0.6 is 0 Å². The summed E-state index contributed by atoms with van der Waals surface area (Å²) < 4.78 is 0. The van der Waals surface area contributed by atoms with Crippen molar-refractivity contribution < 1.29 is 0 Å². The van der Waals surface area contributed by atoms with Crippen LogP contribution in [0.1, 0.15) is 47.7 Å². The molecule has 2 nitrogen and oxygen atoms in total. The van der Waals surface area contributed by atoms with E-state index in [-0.39, 0.29) is 5.54 Å². The standard InChI is InChI=1S/C25H26N2/c1-17-14-18(2)23-21(15-17)26-25(3)16-22(19-10-6-4-7-11-19)27(24(23)25)20-12-8-5-9-13-20/h4-15,22,24,26H,16H2,1-3H3/t22-,24-,25-/m1/s1. The summed E-state index contributed by atoms with van der Waals surface area (Å²) >= 11 is 0. The molecule has 2 aliphatic rings. The Bertz CT molecular complexity index is 980. The van der Waals surface area contributed by atoms with Crippen molar-refractivity contribution in [2.75, 3.05) is 10.2 Å². The Morgan fingerprint density at radius 2 is 1.59 bits per heavy atom. The Morgan fingerprint density at radius 3 is 2.30 bits per heavy atom. The van der Waals surface area contributed by atoms with E-state index in [0.29, 0.717) is 12.1 Å². The summed E-state index contributed by atoms with van der Waals surface area (Å²) in [6.07, 6.45) is 1.09. The first-order valence-electron chi connectivity index (χ1n) is 9.84. The summed E-state index contributed by atoms with van der Waals surface area (Å²) in [6, 6.07) is 27.2. The number of hydrogen-bond acceptors (Lipinski definition) is 2. The molecule has 1 N–H and O–H groups in total. The van der Waals surface area contributed by atoms with E-state index >= 15 is 0 Å². The monoisotopic (exact) mass is 354 g/mol. The Balaban J connectivity index is 1.71. The zero-order valence-corrected chi connectivity index (χ0v) is 16.2. The lowest BCUT2D eigenvalue weighted by Crippen LogP contribution is -2.36. The minimum Gasteiger partial charge on any atom is -0.377 e. The van der Waals surface area contributed by atoms with E-state index in [1.807, 2.05) is 0 Å². The number of fused-ring (bicyclic) bond motifs is 3. The molecule has 0 spiro atoms. The van der Waals surface area contributed by atoms with Crippen molar-refractivity contribution in [1.29, 1.82) is 0 Å². The van der Waals surface area contributed by atoms with Gasteiger partial charge in [0.15, 0.2) is 0 Å². The summed E-state index contributed by atoms with van der Waals surface area (Å²) in [5.41, 5.74) is 8.21. The molecule has 5 rings (SSSR count). The lowest BCUT2D eigenvalue weighted by Gasteiger charge is -2.34. The van der Waals surface area contributed by atoms with Crippen molar-refractivity contribution in [3.63, 3.8) is 0 Å². The fraction of sp³-hybridized carbons (Fsp3) is 0.280. The minimum atomic E-state index is 0.0250. The van der Waals surface area contributed by atoms with Gasteiger partial charge in [0.1, 0.15) is 0 Å². The van der Waals surface area contributed by atoms with Crippen molar-refractivity contribution in [2.45, 2.75) is 44.8 Å². The molecule has 0 saturated carbocycles. The molecule has 0 aromatic heterocycles. The fourth-order valence-corrected chi connectivity index (χ4v) is 5.31. The Labute approximate surface area is 161 Å². The van der Waals surface area contributed by atoms with Gasteiger partial charge in [-0.15, -0.1) is 0 Å². The van der Waals surface area contributed by atoms with Crippen molar-refractivity contribution in [1.82, 2.24) is 0 Å². The number of anilines is 2. The number of rotatable bonds is 2. The van der Waals surface area contributed by atoms with E-state index in [4.69, 9.17) is 0 Å². The molecule has 2 aliphatic heterocycles. The first-order chi connectivity index (χ1) is 13.1. The molecule has 3 aromatic rings. The average molecular weight is 354 g/mol. The first kappa shape index (κ1) is 16.4. The van der Waals surface area contributed by atoms with Gasteiger partial charge in [-0.3, -0.25) is 0 Å². The number of para-hydroxylation sites is 1. The van der Waals surface area contributed by atoms with E-state index in [9.17, 15) is 0 Å². The molecule has 3 atom stereocenters. The zero-order chi connectivity index (χ0) is 18.6. The van der Waals surface area contributed by atoms with Gasteiger partial charge in [-0.2, -0.15) is 0 Å². The second kappa shape index (κ2) is 5.88. The molecule has 27 heavy (non-hydrogen) atoms. The van der Waals surface area contributed by atoms with Crippen molar-refractivity contribution in [2.24, 2.45) is 0 Å². The Morgan fingerprint density at radius 1 is 0.926 bits per heavy atom. The molecule has 0 radical (unpaired) electrons. The predicted molar refractivity (Wildman–Crippen MR) is 113 cm³/mol. The Kier molecular flexibility index (Phi) is 3.58. The number of nitrogens with zero attached hydrogens (tertiary/aromatic N) is 1. The largest absolute Gasteiger partial charge is 0.377 e. The highest BCUT2D eigenvalue weighted by atomic mass is 15.3. The number of hydrogen-bond donors (Lipinski definition) is 1. The lowest BCUT2D eigenvalue weighted by atomic mass is 9.88. The highest BCUT2D eigenvalue weighted by Gasteiger charge is 2.55. The van der Waals surface area contributed by atoms with Gasteiger partial charge in [-0.1, -0.05) is 54.6 Å². The third-order valence-electron chi connectivity index (χ3n) is 6.30. The van der Waals surface area contributed by atoms with Crippen LogP contribution in [0.2, 0.25) is 0 Å². The molecular weight excluding hydrogens is 328 g/mol. The summed E-state index contributed by atoms with van der Waals surface area (Å²) in [4.78, 5) is 2.65. The average Bonchev–Trinajstić information content (AvgIpc) is 3.11. The highest BCUT2D eigenvalue weighted by Crippen LogP contribution is 2.58. The Hall–Kier alpha value is -2.74. The van der Waals surface area contributed by atoms with Crippen LogP contribution in [0.3, 0.4) is 0 Å². The maximum Gasteiger partial charge on any atom is 0.0799 e. The van der Waals surface area contributed by atoms with E-state index in [0.717, 1.165) is 6.42 Å². The molecule has 2 heteroatoms. The first-order valence-corrected chi connectivity index (χ1v) is 9.84. The third kappa shape index (κ3) is 2.47. The normalized spacial score (nSPS) is 25.8. The maximum absolute atomic E-state index is 3.91. The second-order valence-electron chi connectivity index (χ2n) is 8.36. The van der Waals surface area contributed by atoms with Gasteiger partial charge in [0, 0.05) is 16.9 Å². The summed E-state index contributed by atoms with van der Waals surface area (Å²) in [6.45, 7) is 6.84. The molecule has 1 fully saturated rings. The number of benzene rings is 3. The van der Waals surface area contributed by atoms with Crippen LogP contribution in [-0.4, -0.2) is 5.54 Å². The van der Waals surface area contributed by atoms with Gasteiger partial charge in [-0.25, -0.2) is 0 Å². The zero-order valence-electron chi connectivity index (χ0n) is 16.2. The van der Waals surface area contributed by atoms with Crippen LogP contribution in [-0.2, 0) is 0 Å². The van der Waals surface area contributed by atoms with Crippen LogP contribution in [0.15, 0.2) is 72.8 Å². The van der Waals surface area contributed by atoms with E-state index in [1.165, 1.54) is 33.6 Å². The quantitative estimate of drug-likeness (QED) is 0.591. The van der Waals surface area contributed by atoms with Crippen LogP contribution in [0.4, 0.5) is 11.4 Å². The molecule has 3 aromatic carbocycles. The van der Waals surface area contributed by atoms with E-state index in [2.05, 4.69) is 104 Å². The summed E-state index contributed by atoms with van der Waals surface area (Å²) in [7, 11) is 0. The summed E-state index contributed by atoms with van der Waals surface area (Å²) in [5, 5.41) is 3.91. The topological polar surface area (TPSA) is 15.3 Å². The molecule has 1 saturated heterocycles. The van der Waals surface area contributed by atoms with Crippen LogP contribution < -0.4 is 10.2 Å². The van der Waals surface area contributed by atoms with E-state index < -0.39 is 0 Å². The fourth-order valence-electron chi connectivity index (χ4n) is 5.31. The molecule has 2 heterocycles. The molecule has 0 unspecified atom stereocenters. The van der Waals surface area contributed by atoms with Crippen molar-refractivity contribution in [3.8, 4) is 0 Å². The third-order valence-corrected chi connectivity index (χ3v) is 6.30. The van der Waals surface area contributed by atoms with Gasteiger partial charge in [0.25, 0.3) is 0 Å². The maximum atomic E-state index is 3.91. The predicted octanol–water partition coefficient (Wildman–Crippen LogP) is 6.18. The number of aryl methyl sites for hydroxylation is 2. The molecular formula is C25H26N2. The SMILES string of the molecule is Cc1cc(C)c2c(c1)N[C@]1(C)C[C@H](c3ccccc3)N(c3ccccc3)[C@H]21. The molecule has 0 bridgehead atoms. The van der Waals surface area contributed by atoms with Crippen molar-refractivity contribution in [3.05, 3.63) is 95.1 Å². The van der Waals surface area contributed by atoms with Gasteiger partial charge in [-0.05, 0) is 62.1 Å². The lowest BCUT2D eigenvalue weighted by molar-refractivity contribution is 0.493. The van der Waals surface area contributed by atoms with Crippen LogP contribution in [0.5, 0.6) is 0 Å². The van der Waals surface area contributed by atoms with E-state index in [1.54, 1.807) is 0 Å². The smallest absolute Gasteiger partial charge is 0.0799 e. The van der Waals surface area contributed by atoms with Crippen molar-refractivity contribution >= 4 is 11.4 Å². The second-order valence-corrected chi connectivity index (χ2v) is 8.36. The highest BCUT2D eigenvalue weighted by molar-refractivity contribution is 5.71. The molecule has 136 valence electrons. The van der Waals surface area contributed by atoms with Crippen LogP contribution in [0.25, 0.3) is 0 Å². The molecule has 0 aliphatic carbocycles. The minimum absolute atomic E-state index is 0.0250. The summed E-state index contributed by atoms with van der Waals surface area (Å²) in [5.74, 6) is 0. The van der Waals surface area contributed by atoms with Crippen LogP contribution in [0, 0.1) is 13.8 Å². The van der Waals surface area contributed by atoms with Gasteiger partial charge in [0.2, 0.25) is 0 Å². The van der Waals surface area contributed by atoms with Gasteiger partial charge in [0.05, 0.1) is 17.6 Å². The van der Waals surface area contributed by atoms with Gasteiger partial charge >= 0.3 is 0 Å². The molecule has 0 amide bonds. The number of nitrogens with one attached hydrogen (secondary N) is 1. The van der Waals surface area contributed by atoms with Gasteiger partial charge < -0.3 is 10.2 Å².